The van der Waals surface area contributed by atoms with Gasteiger partial charge in [0.15, 0.2) is 0 Å². The highest BCUT2D eigenvalue weighted by atomic mass is 32.2. The second-order valence-corrected chi connectivity index (χ2v) is 8.29. The zero-order valence-corrected chi connectivity index (χ0v) is 16.0. The Hall–Kier alpha value is -2.71. The second-order valence-electron chi connectivity index (χ2n) is 6.52. The fraction of sp³-hybridized carbons (Fsp3) is 0.300. The van der Waals surface area contributed by atoms with E-state index in [1.54, 1.807) is 48.5 Å². The lowest BCUT2D eigenvalue weighted by molar-refractivity contribution is -0.156. The zero-order valence-electron chi connectivity index (χ0n) is 15.2. The number of rotatable bonds is 9. The van der Waals surface area contributed by atoms with Crippen molar-refractivity contribution in [1.29, 1.82) is 0 Å². The number of ether oxygens (including phenoxy) is 1. The number of carbonyl (C=O) groups excluding carboxylic acids is 2. The van der Waals surface area contributed by atoms with Gasteiger partial charge in [-0.15, -0.1) is 0 Å². The minimum Gasteiger partial charge on any atom is -0.447 e. The maximum Gasteiger partial charge on any atom is 0.308 e. The first-order valence-corrected chi connectivity index (χ1v) is 10.5. The van der Waals surface area contributed by atoms with Crippen molar-refractivity contribution >= 4 is 21.9 Å². The summed E-state index contributed by atoms with van der Waals surface area (Å²) >= 11 is 0. The Bertz CT molecular complexity index is 912. The number of hydrogen-bond acceptors (Lipinski definition) is 5. The number of benzene rings is 2. The van der Waals surface area contributed by atoms with Gasteiger partial charge in [0.25, 0.3) is 5.91 Å². The van der Waals surface area contributed by atoms with E-state index >= 15 is 0 Å². The molecule has 1 amide bonds. The molecule has 2 N–H and O–H groups in total. The molecule has 0 unspecified atom stereocenters. The molecule has 1 fully saturated rings. The average Bonchev–Trinajstić information content (AvgIpc) is 3.51. The first-order valence-electron chi connectivity index (χ1n) is 9.05. The quantitative estimate of drug-likeness (QED) is 0.624. The van der Waals surface area contributed by atoms with Gasteiger partial charge < -0.3 is 10.1 Å². The molecule has 2 aromatic rings. The van der Waals surface area contributed by atoms with Crippen LogP contribution in [0.4, 0.5) is 0 Å². The fourth-order valence-electron chi connectivity index (χ4n) is 2.57. The van der Waals surface area contributed by atoms with E-state index in [0.29, 0.717) is 5.56 Å². The van der Waals surface area contributed by atoms with E-state index in [9.17, 15) is 18.0 Å². The van der Waals surface area contributed by atoms with Gasteiger partial charge in [-0.2, -0.15) is 0 Å². The molecule has 0 aliphatic heterocycles. The van der Waals surface area contributed by atoms with Gasteiger partial charge in [-0.1, -0.05) is 48.5 Å². The SMILES string of the molecule is O=C(CCNS(=O)(=O)c1ccccc1)O[C@H](C(=O)NC1CC1)c1ccccc1. The Morgan fingerprint density at radius 1 is 1.00 bits per heavy atom. The summed E-state index contributed by atoms with van der Waals surface area (Å²) in [7, 11) is -3.70. The van der Waals surface area contributed by atoms with Crippen LogP contribution < -0.4 is 10.0 Å². The van der Waals surface area contributed by atoms with E-state index in [1.165, 1.54) is 12.1 Å². The van der Waals surface area contributed by atoms with Crippen molar-refractivity contribution in [2.75, 3.05) is 6.54 Å². The van der Waals surface area contributed by atoms with E-state index in [1.807, 2.05) is 0 Å². The smallest absolute Gasteiger partial charge is 0.308 e. The van der Waals surface area contributed by atoms with Gasteiger partial charge >= 0.3 is 5.97 Å². The molecule has 148 valence electrons. The monoisotopic (exact) mass is 402 g/mol. The van der Waals surface area contributed by atoms with Crippen LogP contribution in [-0.4, -0.2) is 32.9 Å². The minimum atomic E-state index is -3.70. The Morgan fingerprint density at radius 2 is 1.61 bits per heavy atom. The molecule has 28 heavy (non-hydrogen) atoms. The zero-order chi connectivity index (χ0) is 20.0. The average molecular weight is 402 g/mol. The van der Waals surface area contributed by atoms with Gasteiger partial charge in [0, 0.05) is 18.2 Å². The fourth-order valence-corrected chi connectivity index (χ4v) is 3.62. The highest BCUT2D eigenvalue weighted by molar-refractivity contribution is 7.89. The highest BCUT2D eigenvalue weighted by Crippen LogP contribution is 2.23. The van der Waals surface area contributed by atoms with Crippen LogP contribution in [0.5, 0.6) is 0 Å². The number of nitrogens with one attached hydrogen (secondary N) is 2. The van der Waals surface area contributed by atoms with Crippen LogP contribution >= 0.6 is 0 Å². The summed E-state index contributed by atoms with van der Waals surface area (Å²) < 4.78 is 32.1. The van der Waals surface area contributed by atoms with Crippen molar-refractivity contribution < 1.29 is 22.7 Å². The van der Waals surface area contributed by atoms with E-state index < -0.39 is 22.1 Å². The molecular formula is C20H22N2O5S. The molecule has 1 aliphatic carbocycles. The van der Waals surface area contributed by atoms with Crippen LogP contribution in [0.1, 0.15) is 30.9 Å². The second kappa shape index (κ2) is 8.99. The van der Waals surface area contributed by atoms with Crippen LogP contribution in [0, 0.1) is 0 Å². The molecular weight excluding hydrogens is 380 g/mol. The summed E-state index contributed by atoms with van der Waals surface area (Å²) in [5.74, 6) is -1.03. The molecule has 0 aromatic heterocycles. The molecule has 1 saturated carbocycles. The summed E-state index contributed by atoms with van der Waals surface area (Å²) in [5, 5.41) is 2.83. The molecule has 0 radical (unpaired) electrons. The first-order chi connectivity index (χ1) is 13.5. The molecule has 8 heteroatoms. The van der Waals surface area contributed by atoms with Crippen molar-refractivity contribution in [2.45, 2.75) is 36.3 Å². The lowest BCUT2D eigenvalue weighted by Gasteiger charge is -2.18. The number of sulfonamides is 1. The van der Waals surface area contributed by atoms with Crippen LogP contribution in [0.3, 0.4) is 0 Å². The van der Waals surface area contributed by atoms with Crippen molar-refractivity contribution in [3.8, 4) is 0 Å². The maximum atomic E-state index is 12.4. The summed E-state index contributed by atoms with van der Waals surface area (Å²) in [5.41, 5.74) is 0.568. The highest BCUT2D eigenvalue weighted by Gasteiger charge is 2.30. The Kier molecular flexibility index (Phi) is 6.43. The van der Waals surface area contributed by atoms with Gasteiger partial charge in [0.05, 0.1) is 11.3 Å². The van der Waals surface area contributed by atoms with Gasteiger partial charge in [-0.3, -0.25) is 9.59 Å². The summed E-state index contributed by atoms with van der Waals surface area (Å²) in [6.45, 7) is -0.123. The molecule has 0 spiro atoms. The van der Waals surface area contributed by atoms with Gasteiger partial charge in [0.1, 0.15) is 0 Å². The summed E-state index contributed by atoms with van der Waals surface area (Å²) in [4.78, 5) is 24.8. The molecule has 1 atom stereocenters. The lowest BCUT2D eigenvalue weighted by Crippen LogP contribution is -2.34. The van der Waals surface area contributed by atoms with Gasteiger partial charge in [-0.25, -0.2) is 13.1 Å². The normalized spacial score (nSPS) is 14.9. The summed E-state index contributed by atoms with van der Waals surface area (Å²) in [6.07, 6.45) is 0.594. The third-order valence-corrected chi connectivity index (χ3v) is 5.67. The molecule has 0 saturated heterocycles. The van der Waals surface area contributed by atoms with E-state index in [0.717, 1.165) is 12.8 Å². The van der Waals surface area contributed by atoms with Crippen LogP contribution in [-0.2, 0) is 24.3 Å². The van der Waals surface area contributed by atoms with Crippen LogP contribution in [0.25, 0.3) is 0 Å². The molecule has 2 aromatic carbocycles. The third kappa shape index (κ3) is 5.64. The number of amides is 1. The third-order valence-electron chi connectivity index (χ3n) is 4.19. The molecule has 0 bridgehead atoms. The Labute approximate surface area is 164 Å². The largest absolute Gasteiger partial charge is 0.447 e. The maximum absolute atomic E-state index is 12.4. The predicted molar refractivity (Wildman–Crippen MR) is 103 cm³/mol. The van der Waals surface area contributed by atoms with E-state index in [-0.39, 0.29) is 29.8 Å². The van der Waals surface area contributed by atoms with E-state index in [4.69, 9.17) is 4.74 Å². The lowest BCUT2D eigenvalue weighted by atomic mass is 10.1. The Morgan fingerprint density at radius 3 is 2.21 bits per heavy atom. The van der Waals surface area contributed by atoms with E-state index in [2.05, 4.69) is 10.0 Å². The van der Waals surface area contributed by atoms with Crippen molar-refractivity contribution in [3.05, 3.63) is 66.2 Å². The Balaban J connectivity index is 1.57. The van der Waals surface area contributed by atoms with Gasteiger partial charge in [-0.05, 0) is 25.0 Å². The van der Waals surface area contributed by atoms with Crippen molar-refractivity contribution in [2.24, 2.45) is 0 Å². The minimum absolute atomic E-state index is 0.120. The molecule has 0 heterocycles. The van der Waals surface area contributed by atoms with Crippen LogP contribution in [0.15, 0.2) is 65.6 Å². The molecule has 1 aliphatic rings. The first kappa shape index (κ1) is 20.0. The summed E-state index contributed by atoms with van der Waals surface area (Å²) in [6, 6.07) is 16.8. The van der Waals surface area contributed by atoms with Crippen molar-refractivity contribution in [1.82, 2.24) is 10.0 Å². The van der Waals surface area contributed by atoms with Gasteiger partial charge in [0.2, 0.25) is 16.1 Å². The van der Waals surface area contributed by atoms with Crippen molar-refractivity contribution in [3.63, 3.8) is 0 Å². The standard InChI is InChI=1S/C20H22N2O5S/c23-18(13-14-21-28(25,26)17-9-5-2-6-10-17)27-19(15-7-3-1-4-8-15)20(24)22-16-11-12-16/h1-10,16,19,21H,11-14H2,(H,22,24)/t19-/m0/s1. The number of esters is 1. The number of carbonyl (C=O) groups is 2. The predicted octanol–water partition coefficient (Wildman–Crippen LogP) is 1.92. The molecule has 7 nitrogen and oxygen atoms in total. The van der Waals surface area contributed by atoms with Crippen LogP contribution in [0.2, 0.25) is 0 Å². The molecule has 3 rings (SSSR count). The topological polar surface area (TPSA) is 102 Å². The number of hydrogen-bond donors (Lipinski definition) is 2.